The van der Waals surface area contributed by atoms with E-state index < -0.39 is 11.5 Å². The monoisotopic (exact) mass is 380 g/mol. The van der Waals surface area contributed by atoms with E-state index >= 15 is 0 Å². The average molecular weight is 380 g/mol. The lowest BCUT2D eigenvalue weighted by molar-refractivity contribution is 0.0955. The van der Waals surface area contributed by atoms with E-state index in [4.69, 9.17) is 12.2 Å². The van der Waals surface area contributed by atoms with E-state index in [1.54, 1.807) is 54.6 Å². The summed E-state index contributed by atoms with van der Waals surface area (Å²) in [4.78, 5) is 24.8. The molecule has 2 aromatic carbocycles. The SMILES string of the molecule is Cn1c(O)c(/C=N/NC(=O)c2ccccc2)c(=O)n(-c2ccccc2)c1=S. The molecule has 1 heterocycles. The second-order valence-electron chi connectivity index (χ2n) is 5.62. The van der Waals surface area contributed by atoms with Gasteiger partial charge in [0, 0.05) is 12.6 Å². The largest absolute Gasteiger partial charge is 0.494 e. The summed E-state index contributed by atoms with van der Waals surface area (Å²) in [7, 11) is 1.54. The molecule has 0 spiro atoms. The summed E-state index contributed by atoms with van der Waals surface area (Å²) in [6, 6.07) is 17.3. The number of hydrogen-bond donors (Lipinski definition) is 2. The number of amides is 1. The van der Waals surface area contributed by atoms with Crippen LogP contribution in [0.5, 0.6) is 5.88 Å². The van der Waals surface area contributed by atoms with Crippen LogP contribution in [0.3, 0.4) is 0 Å². The molecule has 0 saturated heterocycles. The minimum atomic E-state index is -0.542. The van der Waals surface area contributed by atoms with Gasteiger partial charge in [0.25, 0.3) is 11.5 Å². The van der Waals surface area contributed by atoms with Crippen molar-refractivity contribution in [2.75, 3.05) is 0 Å². The summed E-state index contributed by atoms with van der Waals surface area (Å²) in [6.07, 6.45) is 1.10. The normalized spacial score (nSPS) is 10.9. The van der Waals surface area contributed by atoms with Crippen molar-refractivity contribution in [2.24, 2.45) is 12.1 Å². The molecule has 0 aliphatic carbocycles. The Hall–Kier alpha value is -3.52. The Kier molecular flexibility index (Phi) is 5.28. The molecular formula is C19H16N4O3S. The van der Waals surface area contributed by atoms with Crippen molar-refractivity contribution >= 4 is 24.3 Å². The molecule has 0 aliphatic heterocycles. The highest BCUT2D eigenvalue weighted by atomic mass is 32.1. The number of benzene rings is 2. The molecule has 0 aliphatic rings. The first-order valence-electron chi connectivity index (χ1n) is 7.99. The van der Waals surface area contributed by atoms with Crippen LogP contribution in [0.4, 0.5) is 0 Å². The van der Waals surface area contributed by atoms with Gasteiger partial charge >= 0.3 is 0 Å². The van der Waals surface area contributed by atoms with Crippen molar-refractivity contribution in [1.82, 2.24) is 14.6 Å². The fourth-order valence-electron chi connectivity index (χ4n) is 2.45. The number of nitrogens with zero attached hydrogens (tertiary/aromatic N) is 3. The van der Waals surface area contributed by atoms with Crippen LogP contribution in [-0.4, -0.2) is 26.4 Å². The van der Waals surface area contributed by atoms with Gasteiger partial charge in [0.2, 0.25) is 5.88 Å². The molecule has 136 valence electrons. The van der Waals surface area contributed by atoms with Gasteiger partial charge in [-0.05, 0) is 36.5 Å². The fraction of sp³-hybridized carbons (Fsp3) is 0.0526. The average Bonchev–Trinajstić information content (AvgIpc) is 2.70. The second kappa shape index (κ2) is 7.79. The number of carbonyl (C=O) groups is 1. The second-order valence-corrected chi connectivity index (χ2v) is 5.99. The first-order valence-corrected chi connectivity index (χ1v) is 8.40. The molecule has 0 atom stereocenters. The predicted octanol–water partition coefficient (Wildman–Crippen LogP) is 2.37. The Bertz CT molecular complexity index is 1120. The quantitative estimate of drug-likeness (QED) is 0.413. The standard InChI is InChI=1S/C19H16N4O3S/c1-22-17(25)15(12-20-21-16(24)13-8-4-2-5-9-13)18(26)23(19(22)27)14-10-6-3-7-11-14/h2-12,25H,1H3,(H,21,24)/b20-12+. The van der Waals surface area contributed by atoms with Gasteiger partial charge in [-0.1, -0.05) is 36.4 Å². The molecule has 2 N–H and O–H groups in total. The van der Waals surface area contributed by atoms with Gasteiger partial charge in [-0.3, -0.25) is 18.7 Å². The van der Waals surface area contributed by atoms with Gasteiger partial charge in [0.05, 0.1) is 11.9 Å². The van der Waals surface area contributed by atoms with Gasteiger partial charge in [0.15, 0.2) is 4.77 Å². The minimum absolute atomic E-state index is 0.0942. The third-order valence-corrected chi connectivity index (χ3v) is 4.34. The van der Waals surface area contributed by atoms with E-state index in [1.165, 1.54) is 16.2 Å². The van der Waals surface area contributed by atoms with Crippen LogP contribution in [0.2, 0.25) is 0 Å². The first-order chi connectivity index (χ1) is 13.0. The molecule has 0 fully saturated rings. The zero-order valence-electron chi connectivity index (χ0n) is 14.4. The number of nitrogens with one attached hydrogen (secondary N) is 1. The highest BCUT2D eigenvalue weighted by Gasteiger charge is 2.15. The van der Waals surface area contributed by atoms with Gasteiger partial charge < -0.3 is 5.11 Å². The third-order valence-electron chi connectivity index (χ3n) is 3.88. The van der Waals surface area contributed by atoms with Gasteiger partial charge in [0.1, 0.15) is 5.56 Å². The number of hydrogen-bond acceptors (Lipinski definition) is 5. The summed E-state index contributed by atoms with van der Waals surface area (Å²) < 4.78 is 2.72. The van der Waals surface area contributed by atoms with E-state index in [0.717, 1.165) is 6.21 Å². The Morgan fingerprint density at radius 1 is 1.11 bits per heavy atom. The summed E-state index contributed by atoms with van der Waals surface area (Å²) in [5.41, 5.74) is 2.68. The Balaban J connectivity index is 1.99. The van der Waals surface area contributed by atoms with Crippen LogP contribution in [-0.2, 0) is 7.05 Å². The topological polar surface area (TPSA) is 88.6 Å². The van der Waals surface area contributed by atoms with Crippen molar-refractivity contribution in [2.45, 2.75) is 0 Å². The maximum atomic E-state index is 12.8. The maximum Gasteiger partial charge on any atom is 0.271 e. The van der Waals surface area contributed by atoms with Crippen LogP contribution >= 0.6 is 12.2 Å². The molecular weight excluding hydrogens is 364 g/mol. The van der Waals surface area contributed by atoms with Crippen molar-refractivity contribution < 1.29 is 9.90 Å². The van der Waals surface area contributed by atoms with Crippen LogP contribution < -0.4 is 11.0 Å². The number of rotatable bonds is 4. The zero-order valence-corrected chi connectivity index (χ0v) is 15.2. The first kappa shape index (κ1) is 18.3. The van der Waals surface area contributed by atoms with Crippen LogP contribution in [0.25, 0.3) is 5.69 Å². The van der Waals surface area contributed by atoms with E-state index in [9.17, 15) is 14.7 Å². The summed E-state index contributed by atoms with van der Waals surface area (Å²) >= 11 is 5.28. The molecule has 8 heteroatoms. The smallest absolute Gasteiger partial charge is 0.271 e. The Labute approximate surface area is 159 Å². The number of aromatic nitrogens is 2. The summed E-state index contributed by atoms with van der Waals surface area (Å²) in [5, 5.41) is 14.1. The predicted molar refractivity (Wildman–Crippen MR) is 105 cm³/mol. The molecule has 0 bridgehead atoms. The Morgan fingerprint density at radius 2 is 1.70 bits per heavy atom. The molecule has 3 aromatic rings. The number of aromatic hydroxyl groups is 1. The summed E-state index contributed by atoms with van der Waals surface area (Å²) in [6.45, 7) is 0. The van der Waals surface area contributed by atoms with Gasteiger partial charge in [-0.2, -0.15) is 5.10 Å². The lowest BCUT2D eigenvalue weighted by Crippen LogP contribution is -2.27. The lowest BCUT2D eigenvalue weighted by Gasteiger charge is -2.12. The lowest BCUT2D eigenvalue weighted by atomic mass is 10.2. The summed E-state index contributed by atoms with van der Waals surface area (Å²) in [5.74, 6) is -0.770. The maximum absolute atomic E-state index is 12.8. The Morgan fingerprint density at radius 3 is 2.33 bits per heavy atom. The van der Waals surface area contributed by atoms with E-state index in [1.807, 2.05) is 6.07 Å². The van der Waals surface area contributed by atoms with E-state index in [2.05, 4.69) is 10.5 Å². The molecule has 1 aromatic heterocycles. The highest BCUT2D eigenvalue weighted by molar-refractivity contribution is 7.71. The van der Waals surface area contributed by atoms with Gasteiger partial charge in [-0.25, -0.2) is 5.43 Å². The third kappa shape index (κ3) is 3.70. The zero-order chi connectivity index (χ0) is 19.4. The van der Waals surface area contributed by atoms with Crippen molar-refractivity contribution in [3.8, 4) is 11.6 Å². The number of para-hydroxylation sites is 1. The molecule has 0 saturated carbocycles. The van der Waals surface area contributed by atoms with Crippen LogP contribution in [0.15, 0.2) is 70.6 Å². The molecule has 1 amide bonds. The van der Waals surface area contributed by atoms with Crippen molar-refractivity contribution in [3.05, 3.63) is 86.9 Å². The van der Waals surface area contributed by atoms with E-state index in [-0.39, 0.29) is 16.2 Å². The molecule has 3 rings (SSSR count). The van der Waals surface area contributed by atoms with Crippen LogP contribution in [0.1, 0.15) is 15.9 Å². The minimum Gasteiger partial charge on any atom is -0.494 e. The van der Waals surface area contributed by atoms with Crippen molar-refractivity contribution in [1.29, 1.82) is 0 Å². The van der Waals surface area contributed by atoms with Crippen molar-refractivity contribution in [3.63, 3.8) is 0 Å². The molecule has 0 unspecified atom stereocenters. The van der Waals surface area contributed by atoms with Gasteiger partial charge in [-0.15, -0.1) is 0 Å². The highest BCUT2D eigenvalue weighted by Crippen LogP contribution is 2.14. The molecule has 0 radical (unpaired) electrons. The number of hydrazone groups is 1. The van der Waals surface area contributed by atoms with Crippen LogP contribution in [0, 0.1) is 4.77 Å². The fourth-order valence-corrected chi connectivity index (χ4v) is 2.73. The number of carbonyl (C=O) groups excluding carboxylic acids is 1. The van der Waals surface area contributed by atoms with E-state index in [0.29, 0.717) is 11.3 Å². The molecule has 27 heavy (non-hydrogen) atoms. The molecule has 7 nitrogen and oxygen atoms in total.